The fraction of sp³-hybridized carbons (Fsp3) is 0.0476. The number of carbonyl (C=O) groups excluding carboxylic acids is 1. The number of tetrazole rings is 1. The highest BCUT2D eigenvalue weighted by Crippen LogP contribution is 2.23. The second-order valence-corrected chi connectivity index (χ2v) is 6.26. The Morgan fingerprint density at radius 2 is 1.77 bits per heavy atom. The van der Waals surface area contributed by atoms with Crippen molar-refractivity contribution in [2.75, 3.05) is 17.2 Å². The fourth-order valence-corrected chi connectivity index (χ4v) is 2.68. The third kappa shape index (κ3) is 4.76. The second-order valence-electron chi connectivity index (χ2n) is 6.26. The molecule has 0 atom stereocenters. The number of hydrogen-bond acceptors (Lipinski definition) is 6. The number of amides is 1. The van der Waals surface area contributed by atoms with Gasteiger partial charge in [0, 0.05) is 5.69 Å². The molecule has 150 valence electrons. The van der Waals surface area contributed by atoms with Gasteiger partial charge in [0.05, 0.1) is 17.9 Å². The van der Waals surface area contributed by atoms with E-state index < -0.39 is 5.82 Å². The molecule has 2 N–H and O–H groups in total. The van der Waals surface area contributed by atoms with Crippen LogP contribution in [-0.4, -0.2) is 32.7 Å². The molecule has 9 heteroatoms. The van der Waals surface area contributed by atoms with Crippen LogP contribution in [0.5, 0.6) is 11.5 Å². The Kier molecular flexibility index (Phi) is 5.61. The summed E-state index contributed by atoms with van der Waals surface area (Å²) in [5, 5.41) is 16.4. The maximum atomic E-state index is 14.0. The first-order chi connectivity index (χ1) is 14.7. The topological polar surface area (TPSA) is 94.0 Å². The first-order valence-corrected chi connectivity index (χ1v) is 9.07. The first kappa shape index (κ1) is 19.1. The van der Waals surface area contributed by atoms with Crippen molar-refractivity contribution >= 4 is 17.3 Å². The van der Waals surface area contributed by atoms with Crippen molar-refractivity contribution in [3.8, 4) is 17.2 Å². The summed E-state index contributed by atoms with van der Waals surface area (Å²) in [5.41, 5.74) is 1.34. The van der Waals surface area contributed by atoms with Gasteiger partial charge >= 0.3 is 0 Å². The molecular formula is C21H17FN6O2. The number of nitrogens with one attached hydrogen (secondary N) is 2. The minimum atomic E-state index is -0.484. The number of halogens is 1. The van der Waals surface area contributed by atoms with Crippen molar-refractivity contribution in [3.63, 3.8) is 0 Å². The van der Waals surface area contributed by atoms with Gasteiger partial charge in [-0.15, -0.1) is 5.10 Å². The molecule has 0 aliphatic heterocycles. The minimum Gasteiger partial charge on any atom is -0.457 e. The van der Waals surface area contributed by atoms with E-state index in [0.717, 1.165) is 5.75 Å². The molecule has 0 aliphatic carbocycles. The summed E-state index contributed by atoms with van der Waals surface area (Å²) in [7, 11) is 0. The lowest BCUT2D eigenvalue weighted by Gasteiger charge is -2.11. The molecule has 30 heavy (non-hydrogen) atoms. The SMILES string of the molecule is O=C(CNc1cc(-n2cnnn2)ccc1F)Nc1ccc(Oc2ccccc2)cc1. The van der Waals surface area contributed by atoms with E-state index in [9.17, 15) is 9.18 Å². The molecule has 0 spiro atoms. The molecule has 0 saturated carbocycles. The predicted octanol–water partition coefficient (Wildman–Crippen LogP) is 3.64. The lowest BCUT2D eigenvalue weighted by Crippen LogP contribution is -2.22. The summed E-state index contributed by atoms with van der Waals surface area (Å²) in [6.07, 6.45) is 1.40. The van der Waals surface area contributed by atoms with E-state index in [-0.39, 0.29) is 18.1 Å². The van der Waals surface area contributed by atoms with Gasteiger partial charge in [0.1, 0.15) is 23.6 Å². The Balaban J connectivity index is 1.33. The second kappa shape index (κ2) is 8.82. The van der Waals surface area contributed by atoms with Crippen LogP contribution < -0.4 is 15.4 Å². The summed E-state index contributed by atoms with van der Waals surface area (Å²) < 4.78 is 21.2. The van der Waals surface area contributed by atoms with E-state index in [1.54, 1.807) is 24.3 Å². The van der Waals surface area contributed by atoms with Crippen LogP contribution in [0.1, 0.15) is 0 Å². The molecule has 1 amide bonds. The number of rotatable bonds is 7. The van der Waals surface area contributed by atoms with Gasteiger partial charge in [0.15, 0.2) is 0 Å². The third-order valence-corrected chi connectivity index (χ3v) is 4.12. The van der Waals surface area contributed by atoms with Crippen molar-refractivity contribution in [2.24, 2.45) is 0 Å². The number of aromatic nitrogens is 4. The van der Waals surface area contributed by atoms with Gasteiger partial charge in [-0.25, -0.2) is 9.07 Å². The van der Waals surface area contributed by atoms with E-state index in [0.29, 0.717) is 17.1 Å². The maximum Gasteiger partial charge on any atom is 0.243 e. The standard InChI is InChI=1S/C21H17FN6O2/c22-19-11-8-16(28-14-24-26-27-28)12-20(19)23-13-21(29)25-15-6-9-18(10-7-15)30-17-4-2-1-3-5-17/h1-12,14,23H,13H2,(H,25,29). The van der Waals surface area contributed by atoms with Gasteiger partial charge in [0.25, 0.3) is 0 Å². The van der Waals surface area contributed by atoms with E-state index >= 15 is 0 Å². The Morgan fingerprint density at radius 3 is 2.50 bits per heavy atom. The molecule has 3 aromatic carbocycles. The molecule has 4 rings (SSSR count). The Morgan fingerprint density at radius 1 is 1.00 bits per heavy atom. The average molecular weight is 404 g/mol. The highest BCUT2D eigenvalue weighted by Gasteiger charge is 2.08. The molecule has 0 fully saturated rings. The van der Waals surface area contributed by atoms with Crippen LogP contribution in [0, 0.1) is 5.82 Å². The first-order valence-electron chi connectivity index (χ1n) is 9.07. The minimum absolute atomic E-state index is 0.113. The van der Waals surface area contributed by atoms with Crippen molar-refractivity contribution in [1.29, 1.82) is 0 Å². The van der Waals surface area contributed by atoms with Crippen LogP contribution in [0.2, 0.25) is 0 Å². The van der Waals surface area contributed by atoms with E-state index in [2.05, 4.69) is 26.2 Å². The highest BCUT2D eigenvalue weighted by molar-refractivity contribution is 5.93. The highest BCUT2D eigenvalue weighted by atomic mass is 19.1. The zero-order chi connectivity index (χ0) is 20.8. The number of ether oxygens (including phenoxy) is 1. The zero-order valence-electron chi connectivity index (χ0n) is 15.7. The number of para-hydroxylation sites is 1. The van der Waals surface area contributed by atoms with Crippen LogP contribution in [0.4, 0.5) is 15.8 Å². The summed E-state index contributed by atoms with van der Waals surface area (Å²) in [6.45, 7) is -0.113. The van der Waals surface area contributed by atoms with Gasteiger partial charge in [-0.3, -0.25) is 4.79 Å². The molecule has 4 aromatic rings. The lowest BCUT2D eigenvalue weighted by atomic mass is 10.2. The smallest absolute Gasteiger partial charge is 0.243 e. The maximum absolute atomic E-state index is 14.0. The van der Waals surface area contributed by atoms with Gasteiger partial charge in [0.2, 0.25) is 5.91 Å². The van der Waals surface area contributed by atoms with Crippen molar-refractivity contribution in [3.05, 3.63) is 84.9 Å². The monoisotopic (exact) mass is 404 g/mol. The Hall–Kier alpha value is -4.27. The van der Waals surface area contributed by atoms with Gasteiger partial charge in [-0.2, -0.15) is 0 Å². The average Bonchev–Trinajstić information content (AvgIpc) is 3.30. The summed E-state index contributed by atoms with van der Waals surface area (Å²) in [4.78, 5) is 12.2. The van der Waals surface area contributed by atoms with Gasteiger partial charge < -0.3 is 15.4 Å². The molecule has 0 unspecified atom stereocenters. The number of carbonyl (C=O) groups is 1. The van der Waals surface area contributed by atoms with Crippen LogP contribution in [0.15, 0.2) is 79.1 Å². The fourth-order valence-electron chi connectivity index (χ4n) is 2.68. The van der Waals surface area contributed by atoms with Gasteiger partial charge in [-0.05, 0) is 65.0 Å². The molecule has 0 saturated heterocycles. The van der Waals surface area contributed by atoms with E-state index in [4.69, 9.17) is 4.74 Å². The van der Waals surface area contributed by atoms with E-state index in [1.165, 1.54) is 29.2 Å². The quantitative estimate of drug-likeness (QED) is 0.488. The van der Waals surface area contributed by atoms with Crippen LogP contribution in [-0.2, 0) is 4.79 Å². The molecule has 1 aromatic heterocycles. The largest absolute Gasteiger partial charge is 0.457 e. The van der Waals surface area contributed by atoms with E-state index in [1.807, 2.05) is 30.3 Å². The number of nitrogens with zero attached hydrogens (tertiary/aromatic N) is 4. The molecule has 1 heterocycles. The van der Waals surface area contributed by atoms with Crippen LogP contribution in [0.3, 0.4) is 0 Å². The number of hydrogen-bond donors (Lipinski definition) is 2. The summed E-state index contributed by atoms with van der Waals surface area (Å²) in [6, 6.07) is 20.7. The Bertz CT molecular complexity index is 1120. The zero-order valence-corrected chi connectivity index (χ0v) is 15.7. The molecule has 0 radical (unpaired) electrons. The van der Waals surface area contributed by atoms with Gasteiger partial charge in [-0.1, -0.05) is 18.2 Å². The summed E-state index contributed by atoms with van der Waals surface area (Å²) >= 11 is 0. The Labute approximate surface area is 171 Å². The van der Waals surface area contributed by atoms with Crippen molar-refractivity contribution < 1.29 is 13.9 Å². The molecule has 0 aliphatic rings. The third-order valence-electron chi connectivity index (χ3n) is 4.12. The van der Waals surface area contributed by atoms with Crippen molar-refractivity contribution in [2.45, 2.75) is 0 Å². The predicted molar refractivity (Wildman–Crippen MR) is 109 cm³/mol. The number of anilines is 2. The molecule has 0 bridgehead atoms. The lowest BCUT2D eigenvalue weighted by molar-refractivity contribution is -0.114. The van der Waals surface area contributed by atoms with Crippen LogP contribution >= 0.6 is 0 Å². The molecule has 8 nitrogen and oxygen atoms in total. The van der Waals surface area contributed by atoms with Crippen molar-refractivity contribution in [1.82, 2.24) is 20.2 Å². The summed E-state index contributed by atoms with van der Waals surface area (Å²) in [5.74, 6) is 0.573. The van der Waals surface area contributed by atoms with Crippen LogP contribution in [0.25, 0.3) is 5.69 Å². The normalized spacial score (nSPS) is 10.4. The number of benzene rings is 3. The molecular weight excluding hydrogens is 387 g/mol.